The third-order valence-corrected chi connectivity index (χ3v) is 6.21. The summed E-state index contributed by atoms with van der Waals surface area (Å²) in [6.45, 7) is 2.54. The molecule has 12 nitrogen and oxygen atoms in total. The minimum Gasteiger partial charge on any atom is -0.484 e. The molecule has 1 saturated heterocycles. The van der Waals surface area contributed by atoms with Crippen molar-refractivity contribution in [2.24, 2.45) is 0 Å². The largest absolute Gasteiger partial charge is 0.484 e. The lowest BCUT2D eigenvalue weighted by molar-refractivity contribution is -0.136. The summed E-state index contributed by atoms with van der Waals surface area (Å²) in [5, 5.41) is 4.81. The minimum atomic E-state index is -1.05. The molecule has 1 atom stereocenters. The molecule has 0 spiro atoms. The number of fused-ring (bicyclic) bond motifs is 1. The van der Waals surface area contributed by atoms with E-state index in [0.717, 1.165) is 10.5 Å². The number of carbonyl (C=O) groups excluding carboxylic acids is 5. The molecule has 2 N–H and O–H groups in total. The lowest BCUT2D eigenvalue weighted by Gasteiger charge is -2.27. The molecule has 2 aliphatic rings. The van der Waals surface area contributed by atoms with Crippen LogP contribution in [0.2, 0.25) is 0 Å². The first-order valence-corrected chi connectivity index (χ1v) is 13.0. The average molecular weight is 554 g/mol. The molecule has 1 fully saturated rings. The van der Waals surface area contributed by atoms with Crippen molar-refractivity contribution in [1.82, 2.24) is 15.5 Å². The summed E-state index contributed by atoms with van der Waals surface area (Å²) < 4.78 is 21.9. The summed E-state index contributed by atoms with van der Waals surface area (Å²) in [4.78, 5) is 62.1. The van der Waals surface area contributed by atoms with Crippen molar-refractivity contribution < 1.29 is 42.9 Å². The number of hydrogen-bond acceptors (Lipinski definition) is 9. The lowest BCUT2D eigenvalue weighted by Crippen LogP contribution is -2.54. The molecule has 5 amide bonds. The monoisotopic (exact) mass is 553 g/mol. The van der Waals surface area contributed by atoms with Crippen LogP contribution in [0.4, 0.5) is 0 Å². The second kappa shape index (κ2) is 14.3. The number of ether oxygens (including phenoxy) is 4. The van der Waals surface area contributed by atoms with Crippen molar-refractivity contribution >= 4 is 29.5 Å². The highest BCUT2D eigenvalue weighted by Crippen LogP contribution is 2.30. The van der Waals surface area contributed by atoms with Crippen LogP contribution in [0.25, 0.3) is 0 Å². The van der Waals surface area contributed by atoms with Gasteiger partial charge in [-0.05, 0) is 30.2 Å². The van der Waals surface area contributed by atoms with Gasteiger partial charge in [0.05, 0.1) is 50.8 Å². The van der Waals surface area contributed by atoms with Gasteiger partial charge in [-0.2, -0.15) is 0 Å². The summed E-state index contributed by atoms with van der Waals surface area (Å²) in [6, 6.07) is 13.1. The molecule has 0 bridgehead atoms. The van der Waals surface area contributed by atoms with Crippen molar-refractivity contribution in [1.29, 1.82) is 0 Å². The molecule has 2 aromatic carbocycles. The predicted octanol–water partition coefficient (Wildman–Crippen LogP) is 0.833. The Morgan fingerprint density at radius 2 is 1.57 bits per heavy atom. The highest BCUT2D eigenvalue weighted by molar-refractivity contribution is 6.23. The number of nitrogens with zero attached hydrogens (tertiary/aromatic N) is 1. The molecule has 40 heavy (non-hydrogen) atoms. The highest BCUT2D eigenvalue weighted by Gasteiger charge is 2.44. The van der Waals surface area contributed by atoms with E-state index in [4.69, 9.17) is 18.9 Å². The van der Waals surface area contributed by atoms with Gasteiger partial charge < -0.3 is 24.3 Å². The second-order valence-corrected chi connectivity index (χ2v) is 9.06. The van der Waals surface area contributed by atoms with E-state index in [2.05, 4.69) is 10.6 Å². The third-order valence-electron chi connectivity index (χ3n) is 6.21. The van der Waals surface area contributed by atoms with E-state index in [0.29, 0.717) is 39.6 Å². The Hall–Kier alpha value is -4.13. The van der Waals surface area contributed by atoms with Crippen LogP contribution < -0.4 is 15.4 Å². The summed E-state index contributed by atoms with van der Waals surface area (Å²) >= 11 is 0. The normalized spacial score (nSPS) is 16.6. The fraction of sp³-hybridized carbons (Fsp3) is 0.393. The van der Waals surface area contributed by atoms with Crippen LogP contribution in [-0.4, -0.2) is 86.7 Å². The van der Waals surface area contributed by atoms with E-state index in [1.807, 2.05) is 30.3 Å². The first-order chi connectivity index (χ1) is 19.4. The van der Waals surface area contributed by atoms with E-state index in [-0.39, 0.29) is 48.8 Å². The maximum atomic E-state index is 12.9. The van der Waals surface area contributed by atoms with Crippen LogP contribution in [0.5, 0.6) is 5.75 Å². The predicted molar refractivity (Wildman–Crippen MR) is 139 cm³/mol. The Balaban J connectivity index is 1.08. The Bertz CT molecular complexity index is 1230. The molecule has 2 aromatic rings. The van der Waals surface area contributed by atoms with Gasteiger partial charge in [0.1, 0.15) is 11.8 Å². The quantitative estimate of drug-likeness (QED) is 0.242. The van der Waals surface area contributed by atoms with Gasteiger partial charge in [0, 0.05) is 13.0 Å². The zero-order chi connectivity index (χ0) is 28.3. The summed E-state index contributed by atoms with van der Waals surface area (Å²) in [7, 11) is 0. The number of amides is 5. The number of carbonyl (C=O) groups is 5. The van der Waals surface area contributed by atoms with Gasteiger partial charge in [0.2, 0.25) is 11.8 Å². The van der Waals surface area contributed by atoms with Gasteiger partial charge in [0.25, 0.3) is 17.7 Å². The molecule has 0 aliphatic carbocycles. The first kappa shape index (κ1) is 28.9. The summed E-state index contributed by atoms with van der Waals surface area (Å²) in [5.74, 6) is -2.54. The van der Waals surface area contributed by atoms with Crippen LogP contribution in [0, 0.1) is 0 Å². The van der Waals surface area contributed by atoms with Crippen molar-refractivity contribution in [2.75, 3.05) is 46.2 Å². The topological polar surface area (TPSA) is 150 Å². The number of rotatable bonds is 15. The summed E-state index contributed by atoms with van der Waals surface area (Å²) in [5.41, 5.74) is 1.31. The smallest absolute Gasteiger partial charge is 0.262 e. The molecular formula is C28H31N3O9. The van der Waals surface area contributed by atoms with E-state index in [1.54, 1.807) is 0 Å². The Morgan fingerprint density at radius 1 is 0.875 bits per heavy atom. The highest BCUT2D eigenvalue weighted by atomic mass is 16.5. The van der Waals surface area contributed by atoms with Gasteiger partial charge in [-0.15, -0.1) is 0 Å². The van der Waals surface area contributed by atoms with Gasteiger partial charge in [-0.3, -0.25) is 34.2 Å². The lowest BCUT2D eigenvalue weighted by atomic mass is 10.0. The van der Waals surface area contributed by atoms with Crippen LogP contribution in [0.15, 0.2) is 48.5 Å². The molecule has 1 unspecified atom stereocenters. The SMILES string of the molecule is O=C(COc1ccc2c(c1)C(=O)N(C1CCC(=O)NC1=O)C2=O)NCCOCCOCCOCc1ccccc1. The average Bonchev–Trinajstić information content (AvgIpc) is 3.20. The fourth-order valence-corrected chi connectivity index (χ4v) is 4.21. The number of nitrogens with one attached hydrogen (secondary N) is 2. The molecule has 0 radical (unpaired) electrons. The minimum absolute atomic E-state index is 0.0388. The molecule has 4 rings (SSSR count). The van der Waals surface area contributed by atoms with Crippen LogP contribution >= 0.6 is 0 Å². The van der Waals surface area contributed by atoms with E-state index in [1.165, 1.54) is 18.2 Å². The first-order valence-electron chi connectivity index (χ1n) is 13.0. The number of hydrogen-bond donors (Lipinski definition) is 2. The Morgan fingerprint density at radius 3 is 2.33 bits per heavy atom. The molecule has 2 heterocycles. The van der Waals surface area contributed by atoms with Crippen molar-refractivity contribution in [3.05, 3.63) is 65.2 Å². The zero-order valence-electron chi connectivity index (χ0n) is 21.9. The van der Waals surface area contributed by atoms with Crippen molar-refractivity contribution in [2.45, 2.75) is 25.5 Å². The molecule has 2 aliphatic heterocycles. The molecule has 0 aromatic heterocycles. The molecule has 212 valence electrons. The van der Waals surface area contributed by atoms with Crippen LogP contribution in [-0.2, 0) is 35.2 Å². The van der Waals surface area contributed by atoms with E-state index >= 15 is 0 Å². The maximum absolute atomic E-state index is 12.9. The Labute approximate surface area is 230 Å². The molecule has 12 heteroatoms. The van der Waals surface area contributed by atoms with Crippen molar-refractivity contribution in [3.8, 4) is 5.75 Å². The van der Waals surface area contributed by atoms with Gasteiger partial charge in [0.15, 0.2) is 6.61 Å². The second-order valence-electron chi connectivity index (χ2n) is 9.06. The Kier molecular flexibility index (Phi) is 10.3. The summed E-state index contributed by atoms with van der Waals surface area (Å²) in [6.07, 6.45) is 0.109. The van der Waals surface area contributed by atoms with E-state index < -0.39 is 29.7 Å². The standard InChI is InChI=1S/C28H31N3O9/c32-24-9-8-23(26(34)30-24)31-27(35)21-7-6-20(16-22(21)28(31)36)40-18-25(33)29-10-11-37-12-13-38-14-15-39-17-19-4-2-1-3-5-19/h1-7,16,23H,8-15,17-18H2,(H,29,33)(H,30,32,34). The zero-order valence-corrected chi connectivity index (χ0v) is 21.9. The van der Waals surface area contributed by atoms with Crippen LogP contribution in [0.1, 0.15) is 39.1 Å². The third kappa shape index (κ3) is 7.72. The number of imide groups is 2. The van der Waals surface area contributed by atoms with Crippen LogP contribution in [0.3, 0.4) is 0 Å². The van der Waals surface area contributed by atoms with Gasteiger partial charge in [-0.25, -0.2) is 0 Å². The van der Waals surface area contributed by atoms with E-state index in [9.17, 15) is 24.0 Å². The van der Waals surface area contributed by atoms with Gasteiger partial charge >= 0.3 is 0 Å². The number of piperidine rings is 1. The fourth-order valence-electron chi connectivity index (χ4n) is 4.21. The molecular weight excluding hydrogens is 522 g/mol. The van der Waals surface area contributed by atoms with Crippen molar-refractivity contribution in [3.63, 3.8) is 0 Å². The molecule has 0 saturated carbocycles. The maximum Gasteiger partial charge on any atom is 0.262 e. The van der Waals surface area contributed by atoms with Gasteiger partial charge in [-0.1, -0.05) is 30.3 Å². The number of benzene rings is 2.